The number of hydrogen-bond acceptors (Lipinski definition) is 9. The van der Waals surface area contributed by atoms with E-state index < -0.39 is 46.6 Å². The van der Waals surface area contributed by atoms with Crippen molar-refractivity contribution in [1.82, 2.24) is 0 Å². The van der Waals surface area contributed by atoms with Crippen molar-refractivity contribution in [3.63, 3.8) is 0 Å². The van der Waals surface area contributed by atoms with Crippen molar-refractivity contribution in [1.29, 1.82) is 5.26 Å². The fraction of sp³-hybridized carbons (Fsp3) is 0.862. The first-order valence-electron chi connectivity index (χ1n) is 14.4. The molecule has 2 heterocycles. The molecule has 0 spiro atoms. The minimum atomic E-state index is -1.24. The second-order valence-electron chi connectivity index (χ2n) is 13.2. The van der Waals surface area contributed by atoms with E-state index in [1.165, 1.54) is 0 Å². The number of hydrogen-bond donors (Lipinski definition) is 4. The number of aliphatic hydroxyl groups is 4. The van der Waals surface area contributed by atoms with Crippen LogP contribution in [0.25, 0.3) is 0 Å². The van der Waals surface area contributed by atoms with Crippen LogP contribution >= 0.6 is 0 Å². The van der Waals surface area contributed by atoms with Crippen molar-refractivity contribution >= 4 is 5.97 Å². The van der Waals surface area contributed by atoms with E-state index >= 15 is 0 Å². The van der Waals surface area contributed by atoms with Gasteiger partial charge in [-0.25, -0.2) is 4.79 Å². The van der Waals surface area contributed by atoms with E-state index in [1.807, 2.05) is 0 Å². The van der Waals surface area contributed by atoms with Crippen molar-refractivity contribution < 1.29 is 39.4 Å². The van der Waals surface area contributed by atoms with Gasteiger partial charge in [-0.05, 0) is 81.6 Å². The molecular weight excluding hydrogens is 490 g/mol. The van der Waals surface area contributed by atoms with Gasteiger partial charge in [0.15, 0.2) is 6.29 Å². The van der Waals surface area contributed by atoms with Crippen LogP contribution in [0.4, 0.5) is 0 Å². The maximum atomic E-state index is 12.4. The number of aliphatic hydroxyl groups excluding tert-OH is 2. The Morgan fingerprint density at radius 1 is 1.08 bits per heavy atom. The number of carbonyl (C=O) groups is 1. The zero-order chi connectivity index (χ0) is 27.1. The third-order valence-corrected chi connectivity index (χ3v) is 11.8. The summed E-state index contributed by atoms with van der Waals surface area (Å²) in [6, 6.07) is 2.59. The predicted octanol–water partition coefficient (Wildman–Crippen LogP) is 2.10. The first-order valence-corrected chi connectivity index (χ1v) is 14.4. The molecule has 5 fully saturated rings. The number of nitriles is 1. The van der Waals surface area contributed by atoms with Gasteiger partial charge in [0, 0.05) is 24.3 Å². The molecule has 6 rings (SSSR count). The summed E-state index contributed by atoms with van der Waals surface area (Å²) >= 11 is 0. The van der Waals surface area contributed by atoms with Crippen molar-refractivity contribution in [3.05, 3.63) is 11.6 Å². The molecule has 9 nitrogen and oxygen atoms in total. The Hall–Kier alpha value is -1.54. The molecule has 9 heteroatoms. The zero-order valence-corrected chi connectivity index (χ0v) is 22.3. The van der Waals surface area contributed by atoms with Gasteiger partial charge >= 0.3 is 5.97 Å². The van der Waals surface area contributed by atoms with Gasteiger partial charge in [0.05, 0.1) is 41.0 Å². The fourth-order valence-corrected chi connectivity index (χ4v) is 9.69. The Morgan fingerprint density at radius 2 is 1.84 bits per heavy atom. The van der Waals surface area contributed by atoms with Crippen molar-refractivity contribution in [3.8, 4) is 6.07 Å². The second kappa shape index (κ2) is 8.98. The molecule has 0 aromatic carbocycles. The van der Waals surface area contributed by atoms with Crippen LogP contribution in [0.15, 0.2) is 11.6 Å². The average Bonchev–Trinajstić information content (AvgIpc) is 3.41. The molecule has 38 heavy (non-hydrogen) atoms. The monoisotopic (exact) mass is 531 g/mol. The molecule has 2 aliphatic heterocycles. The standard InChI is InChI=1S/C29H41NO8/c1-16-25(33)22(31)12-24(37-16)38-18-3-8-27(15-30)20-4-7-26(2)19(17-11-23(32)36-14-17)6-10-29(26,35)21(20)5-9-28(27,34)13-18/h11,16,18-22,24-25,31,33-35H,3-10,12-14H2,1-2H3/t16-,18-,19+,20+,21-,22+,24+,25-,26-,27+,28-,29+/m1/s1. The van der Waals surface area contributed by atoms with E-state index in [-0.39, 0.29) is 36.2 Å². The Morgan fingerprint density at radius 3 is 2.53 bits per heavy atom. The second-order valence-corrected chi connectivity index (χ2v) is 13.2. The van der Waals surface area contributed by atoms with Crippen LogP contribution in [0.1, 0.15) is 78.1 Å². The first-order chi connectivity index (χ1) is 18.0. The minimum absolute atomic E-state index is 0.0784. The lowest BCUT2D eigenvalue weighted by Gasteiger charge is -2.64. The summed E-state index contributed by atoms with van der Waals surface area (Å²) in [4.78, 5) is 11.8. The normalized spacial score (nSPS) is 54.2. The molecule has 0 radical (unpaired) electrons. The van der Waals surface area contributed by atoms with Gasteiger partial charge in [-0.3, -0.25) is 0 Å². The number of cyclic esters (lactones) is 1. The van der Waals surface area contributed by atoms with Crippen molar-refractivity contribution in [2.45, 2.75) is 120 Å². The largest absolute Gasteiger partial charge is 0.458 e. The van der Waals surface area contributed by atoms with Crippen molar-refractivity contribution in [2.24, 2.45) is 28.6 Å². The minimum Gasteiger partial charge on any atom is -0.458 e. The van der Waals surface area contributed by atoms with Crippen LogP contribution in [-0.2, 0) is 19.0 Å². The molecule has 4 N–H and O–H groups in total. The molecule has 210 valence electrons. The third-order valence-electron chi connectivity index (χ3n) is 11.8. The highest BCUT2D eigenvalue weighted by atomic mass is 16.7. The maximum absolute atomic E-state index is 12.4. The zero-order valence-electron chi connectivity index (χ0n) is 22.3. The summed E-state index contributed by atoms with van der Waals surface area (Å²) in [6.07, 6.45) is 3.63. The third kappa shape index (κ3) is 3.60. The fourth-order valence-electron chi connectivity index (χ4n) is 9.69. The topological polar surface area (TPSA) is 149 Å². The summed E-state index contributed by atoms with van der Waals surface area (Å²) in [6.45, 7) is 4.14. The van der Waals surface area contributed by atoms with E-state index in [2.05, 4.69) is 13.0 Å². The Kier molecular flexibility index (Phi) is 6.31. The van der Waals surface area contributed by atoms with Crippen LogP contribution in [0.2, 0.25) is 0 Å². The van der Waals surface area contributed by atoms with Gasteiger partial charge in [0.25, 0.3) is 0 Å². The molecule has 12 atom stereocenters. The Balaban J connectivity index is 1.22. The van der Waals surface area contributed by atoms with Gasteiger partial charge in [-0.15, -0.1) is 0 Å². The quantitative estimate of drug-likeness (QED) is 0.317. The molecular formula is C29H41NO8. The summed E-state index contributed by atoms with van der Waals surface area (Å²) in [5, 5.41) is 55.2. The lowest BCUT2D eigenvalue weighted by atomic mass is 9.41. The Labute approximate surface area is 223 Å². The van der Waals surface area contributed by atoms with Gasteiger partial charge in [-0.2, -0.15) is 5.26 Å². The van der Waals surface area contributed by atoms with Crippen LogP contribution < -0.4 is 0 Å². The lowest BCUT2D eigenvalue weighted by Crippen LogP contribution is -2.68. The SMILES string of the molecule is C[C@H]1O[C@@H](O[C@@H]2CC[C@]3(C#N)[C@H]4CC[C@]5(C)[C@H](C6=CC(=O)OC6)CC[C@]5(O)[C@@H]4CC[C@@]3(O)C2)C[C@H](O)[C@@H]1O. The molecule has 0 aromatic heterocycles. The highest BCUT2D eigenvalue weighted by Crippen LogP contribution is 2.70. The molecule has 6 aliphatic rings. The van der Waals surface area contributed by atoms with E-state index in [4.69, 9.17) is 14.2 Å². The molecule has 1 saturated heterocycles. The predicted molar refractivity (Wildman–Crippen MR) is 133 cm³/mol. The smallest absolute Gasteiger partial charge is 0.331 e. The van der Waals surface area contributed by atoms with Gasteiger partial charge in [-0.1, -0.05) is 6.92 Å². The van der Waals surface area contributed by atoms with Gasteiger partial charge < -0.3 is 34.6 Å². The molecule has 0 amide bonds. The molecule has 0 unspecified atom stereocenters. The first kappa shape index (κ1) is 26.7. The van der Waals surface area contributed by atoms with E-state index in [9.17, 15) is 30.5 Å². The number of nitrogens with zero attached hydrogens (tertiary/aromatic N) is 1. The van der Waals surface area contributed by atoms with Crippen LogP contribution in [0, 0.1) is 39.9 Å². The van der Waals surface area contributed by atoms with Gasteiger partial charge in [0.1, 0.15) is 12.7 Å². The van der Waals surface area contributed by atoms with Crippen LogP contribution in [-0.4, -0.2) is 74.9 Å². The van der Waals surface area contributed by atoms with Crippen LogP contribution in [0.5, 0.6) is 0 Å². The average molecular weight is 532 g/mol. The summed E-state index contributed by atoms with van der Waals surface area (Å²) < 4.78 is 17.2. The summed E-state index contributed by atoms with van der Waals surface area (Å²) in [5.41, 5.74) is -2.59. The number of fused-ring (bicyclic) bond motifs is 5. The van der Waals surface area contributed by atoms with E-state index in [0.29, 0.717) is 45.1 Å². The Bertz CT molecular complexity index is 1050. The number of ether oxygens (including phenoxy) is 3. The van der Waals surface area contributed by atoms with E-state index in [0.717, 1.165) is 24.8 Å². The number of esters is 1. The molecule has 0 bridgehead atoms. The number of carbonyl (C=O) groups excluding carboxylic acids is 1. The van der Waals surface area contributed by atoms with Crippen molar-refractivity contribution in [2.75, 3.05) is 6.61 Å². The number of rotatable bonds is 3. The molecule has 4 saturated carbocycles. The van der Waals surface area contributed by atoms with E-state index in [1.54, 1.807) is 13.0 Å². The lowest BCUT2D eigenvalue weighted by molar-refractivity contribution is -0.284. The summed E-state index contributed by atoms with van der Waals surface area (Å²) in [5.74, 6) is -0.449. The summed E-state index contributed by atoms with van der Waals surface area (Å²) in [7, 11) is 0. The molecule has 0 aromatic rings. The highest BCUT2D eigenvalue weighted by molar-refractivity contribution is 5.85. The molecule has 4 aliphatic carbocycles. The van der Waals surface area contributed by atoms with Crippen LogP contribution in [0.3, 0.4) is 0 Å². The highest BCUT2D eigenvalue weighted by Gasteiger charge is 2.72. The van der Waals surface area contributed by atoms with Gasteiger partial charge in [0.2, 0.25) is 0 Å². The maximum Gasteiger partial charge on any atom is 0.331 e.